The summed E-state index contributed by atoms with van der Waals surface area (Å²) in [5.41, 5.74) is 3.55. The van der Waals surface area contributed by atoms with E-state index in [1.807, 2.05) is 17.9 Å². The molecule has 1 aromatic carbocycles. The van der Waals surface area contributed by atoms with Crippen molar-refractivity contribution in [3.8, 4) is 0 Å². The molecular formula is C22H24N4O2S. The first-order valence-corrected chi connectivity index (χ1v) is 11.0. The Morgan fingerprint density at radius 2 is 2.17 bits per heavy atom. The number of carbonyl (C=O) groups is 1. The minimum Gasteiger partial charge on any atom is -0.376 e. The number of carbonyl (C=O) groups excluding carboxylic acids is 1. The lowest BCUT2D eigenvalue weighted by Crippen LogP contribution is -2.35. The van der Waals surface area contributed by atoms with E-state index in [4.69, 9.17) is 4.74 Å². The fourth-order valence-corrected chi connectivity index (χ4v) is 5.35. The highest BCUT2D eigenvalue weighted by molar-refractivity contribution is 7.20. The van der Waals surface area contributed by atoms with Crippen LogP contribution in [-0.4, -0.2) is 46.6 Å². The summed E-state index contributed by atoms with van der Waals surface area (Å²) >= 11 is 1.47. The van der Waals surface area contributed by atoms with Gasteiger partial charge in [-0.25, -0.2) is 9.97 Å². The van der Waals surface area contributed by atoms with Crippen molar-refractivity contribution in [3.63, 3.8) is 0 Å². The third kappa shape index (κ3) is 3.49. The van der Waals surface area contributed by atoms with Crippen LogP contribution >= 0.6 is 11.3 Å². The SMILES string of the molecule is Cc1c(C(=O)N2CCc3ccccc3C2)sc2ncnc(NCC3CCCO3)c12. The van der Waals surface area contributed by atoms with E-state index >= 15 is 0 Å². The van der Waals surface area contributed by atoms with Gasteiger partial charge in [-0.1, -0.05) is 24.3 Å². The van der Waals surface area contributed by atoms with Crippen LogP contribution in [0.4, 0.5) is 5.82 Å². The van der Waals surface area contributed by atoms with E-state index in [2.05, 4.69) is 33.5 Å². The van der Waals surface area contributed by atoms with Crippen LogP contribution in [0.1, 0.15) is 39.2 Å². The van der Waals surface area contributed by atoms with Crippen molar-refractivity contribution >= 4 is 33.3 Å². The van der Waals surface area contributed by atoms with Crippen molar-refractivity contribution in [3.05, 3.63) is 52.2 Å². The predicted octanol–water partition coefficient (Wildman–Crippen LogP) is 3.79. The third-order valence-corrected chi connectivity index (χ3v) is 7.05. The highest BCUT2D eigenvalue weighted by Gasteiger charge is 2.26. The molecule has 0 aliphatic carbocycles. The van der Waals surface area contributed by atoms with Gasteiger partial charge in [-0.2, -0.15) is 0 Å². The van der Waals surface area contributed by atoms with E-state index in [1.54, 1.807) is 6.33 Å². The molecule has 1 unspecified atom stereocenters. The molecule has 2 aliphatic heterocycles. The molecule has 1 atom stereocenters. The molecule has 1 N–H and O–H groups in total. The number of rotatable bonds is 4. The second-order valence-electron chi connectivity index (χ2n) is 7.72. The Hall–Kier alpha value is -2.51. The number of ether oxygens (including phenoxy) is 1. The molecule has 150 valence electrons. The highest BCUT2D eigenvalue weighted by atomic mass is 32.1. The second-order valence-corrected chi connectivity index (χ2v) is 8.72. The van der Waals surface area contributed by atoms with Gasteiger partial charge in [0.15, 0.2) is 0 Å². The topological polar surface area (TPSA) is 67.4 Å². The van der Waals surface area contributed by atoms with Crippen LogP contribution in [0.5, 0.6) is 0 Å². The number of amides is 1. The number of anilines is 1. The van der Waals surface area contributed by atoms with E-state index in [9.17, 15) is 4.79 Å². The molecule has 6 nitrogen and oxygen atoms in total. The Balaban J connectivity index is 1.41. The average molecular weight is 409 g/mol. The van der Waals surface area contributed by atoms with E-state index in [1.165, 1.54) is 22.5 Å². The van der Waals surface area contributed by atoms with E-state index in [0.717, 1.165) is 65.4 Å². The van der Waals surface area contributed by atoms with Crippen molar-refractivity contribution in [1.29, 1.82) is 0 Å². The van der Waals surface area contributed by atoms with Crippen LogP contribution < -0.4 is 5.32 Å². The summed E-state index contributed by atoms with van der Waals surface area (Å²) in [6.07, 6.45) is 4.89. The van der Waals surface area contributed by atoms with Crippen LogP contribution in [0.3, 0.4) is 0 Å². The number of aryl methyl sites for hydroxylation is 1. The van der Waals surface area contributed by atoms with Gasteiger partial charge >= 0.3 is 0 Å². The lowest BCUT2D eigenvalue weighted by atomic mass is 9.99. The lowest BCUT2D eigenvalue weighted by Gasteiger charge is -2.28. The van der Waals surface area contributed by atoms with Crippen LogP contribution in [0.25, 0.3) is 10.2 Å². The van der Waals surface area contributed by atoms with Crippen LogP contribution in [-0.2, 0) is 17.7 Å². The quantitative estimate of drug-likeness (QED) is 0.711. The van der Waals surface area contributed by atoms with Crippen molar-refractivity contribution < 1.29 is 9.53 Å². The summed E-state index contributed by atoms with van der Waals surface area (Å²) < 4.78 is 5.70. The maximum Gasteiger partial charge on any atom is 0.264 e. The van der Waals surface area contributed by atoms with Gasteiger partial charge in [-0.3, -0.25) is 4.79 Å². The van der Waals surface area contributed by atoms with Gasteiger partial charge in [0.25, 0.3) is 5.91 Å². The van der Waals surface area contributed by atoms with Gasteiger partial charge in [0.05, 0.1) is 16.4 Å². The zero-order chi connectivity index (χ0) is 19.8. The second kappa shape index (κ2) is 7.72. The number of nitrogens with one attached hydrogen (secondary N) is 1. The number of aromatic nitrogens is 2. The van der Waals surface area contributed by atoms with Crippen molar-refractivity contribution in [2.75, 3.05) is 25.0 Å². The molecular weight excluding hydrogens is 384 g/mol. The molecule has 0 saturated carbocycles. The van der Waals surface area contributed by atoms with Gasteiger partial charge in [-0.15, -0.1) is 11.3 Å². The number of thiophene rings is 1. The van der Waals surface area contributed by atoms with E-state index < -0.39 is 0 Å². The van der Waals surface area contributed by atoms with Crippen LogP contribution in [0, 0.1) is 6.92 Å². The molecule has 2 aliphatic rings. The Kier molecular flexibility index (Phi) is 4.93. The zero-order valence-electron chi connectivity index (χ0n) is 16.5. The summed E-state index contributed by atoms with van der Waals surface area (Å²) in [5, 5.41) is 4.38. The van der Waals surface area contributed by atoms with Crippen LogP contribution in [0.15, 0.2) is 30.6 Å². The molecule has 1 saturated heterocycles. The molecule has 3 aromatic rings. The first-order valence-electron chi connectivity index (χ1n) is 10.2. The predicted molar refractivity (Wildman–Crippen MR) is 115 cm³/mol. The van der Waals surface area contributed by atoms with Crippen molar-refractivity contribution in [1.82, 2.24) is 14.9 Å². The minimum absolute atomic E-state index is 0.0880. The van der Waals surface area contributed by atoms with Crippen molar-refractivity contribution in [2.24, 2.45) is 0 Å². The number of benzene rings is 1. The first-order chi connectivity index (χ1) is 14.2. The third-order valence-electron chi connectivity index (χ3n) is 5.86. The smallest absolute Gasteiger partial charge is 0.264 e. The number of fused-ring (bicyclic) bond motifs is 2. The number of nitrogens with zero attached hydrogens (tertiary/aromatic N) is 3. The monoisotopic (exact) mass is 408 g/mol. The Morgan fingerprint density at radius 3 is 3.00 bits per heavy atom. The highest BCUT2D eigenvalue weighted by Crippen LogP contribution is 2.35. The van der Waals surface area contributed by atoms with E-state index in [-0.39, 0.29) is 12.0 Å². The number of hydrogen-bond donors (Lipinski definition) is 1. The normalized spacial score (nSPS) is 18.8. The molecule has 5 rings (SSSR count). The van der Waals surface area contributed by atoms with E-state index in [0.29, 0.717) is 6.54 Å². The molecule has 29 heavy (non-hydrogen) atoms. The molecule has 1 fully saturated rings. The molecule has 4 heterocycles. The molecule has 1 amide bonds. The maximum absolute atomic E-state index is 13.3. The lowest BCUT2D eigenvalue weighted by molar-refractivity contribution is 0.0739. The zero-order valence-corrected chi connectivity index (χ0v) is 17.3. The van der Waals surface area contributed by atoms with Crippen molar-refractivity contribution in [2.45, 2.75) is 38.8 Å². The summed E-state index contributed by atoms with van der Waals surface area (Å²) in [7, 11) is 0. The fraction of sp³-hybridized carbons (Fsp3) is 0.409. The number of hydrogen-bond acceptors (Lipinski definition) is 6. The standard InChI is InChI=1S/C22H24N4O2S/c1-14-18-20(23-11-17-7-4-10-28-17)24-13-25-21(18)29-19(14)22(27)26-9-8-15-5-2-3-6-16(15)12-26/h2-3,5-6,13,17H,4,7-12H2,1H3,(H,23,24,25). The minimum atomic E-state index is 0.0880. The van der Waals surface area contributed by atoms with Gasteiger partial charge in [0.2, 0.25) is 0 Å². The summed E-state index contributed by atoms with van der Waals surface area (Å²) in [6, 6.07) is 8.38. The van der Waals surface area contributed by atoms with Gasteiger partial charge in [0, 0.05) is 26.2 Å². The maximum atomic E-state index is 13.3. The van der Waals surface area contributed by atoms with Gasteiger partial charge < -0.3 is 15.0 Å². The first kappa shape index (κ1) is 18.5. The molecule has 0 radical (unpaired) electrons. The van der Waals surface area contributed by atoms with Crippen LogP contribution in [0.2, 0.25) is 0 Å². The fourth-order valence-electron chi connectivity index (χ4n) is 4.24. The largest absolute Gasteiger partial charge is 0.376 e. The summed E-state index contributed by atoms with van der Waals surface area (Å²) in [4.78, 5) is 25.8. The molecule has 0 bridgehead atoms. The van der Waals surface area contributed by atoms with Gasteiger partial charge in [0.1, 0.15) is 17.0 Å². The Labute approximate surface area is 173 Å². The average Bonchev–Trinajstić information content (AvgIpc) is 3.39. The summed E-state index contributed by atoms with van der Waals surface area (Å²) in [5.74, 6) is 0.882. The Morgan fingerprint density at radius 1 is 1.31 bits per heavy atom. The molecule has 2 aromatic heterocycles. The molecule has 7 heteroatoms. The summed E-state index contributed by atoms with van der Waals surface area (Å²) in [6.45, 7) is 4.98. The Bertz CT molecular complexity index is 1060. The van der Waals surface area contributed by atoms with Gasteiger partial charge in [-0.05, 0) is 42.9 Å². The molecule has 0 spiro atoms.